The molecule has 0 bridgehead atoms. The number of hydrogen-bond acceptors (Lipinski definition) is 4. The molecule has 1 aromatic carbocycles. The number of nitrogens with one attached hydrogen (secondary N) is 1. The number of carbonyl (C=O) groups excluding carboxylic acids is 1. The summed E-state index contributed by atoms with van der Waals surface area (Å²) in [7, 11) is 0. The van der Waals surface area contributed by atoms with E-state index in [9.17, 15) is 9.59 Å². The van der Waals surface area contributed by atoms with E-state index in [1.807, 2.05) is 13.0 Å². The molecule has 0 saturated heterocycles. The van der Waals surface area contributed by atoms with Gasteiger partial charge in [-0.3, -0.25) is 9.59 Å². The number of fused-ring (bicyclic) bond motifs is 1. The molecular formula is C15H15NO4. The molecule has 5 nitrogen and oxygen atoms in total. The van der Waals surface area contributed by atoms with E-state index in [0.29, 0.717) is 16.5 Å². The van der Waals surface area contributed by atoms with Crippen LogP contribution in [0.4, 0.5) is 0 Å². The number of rotatable bonds is 4. The standard InChI is InChI=1S/C15H15NO4/c1-10-2-4-13-12(8-10)15(19)11(9-20-13)3-5-14(18)16-6-7-17/h2-5,8-9,17H,6-7H2,1H3,(H,16,18)/b5-3+. The van der Waals surface area contributed by atoms with Crippen LogP contribution >= 0.6 is 0 Å². The largest absolute Gasteiger partial charge is 0.463 e. The van der Waals surface area contributed by atoms with Gasteiger partial charge < -0.3 is 14.8 Å². The van der Waals surface area contributed by atoms with Crippen LogP contribution < -0.4 is 10.7 Å². The van der Waals surface area contributed by atoms with Gasteiger partial charge in [0.2, 0.25) is 5.91 Å². The molecule has 0 saturated carbocycles. The van der Waals surface area contributed by atoms with E-state index in [1.165, 1.54) is 18.4 Å². The summed E-state index contributed by atoms with van der Waals surface area (Å²) < 4.78 is 5.37. The molecule has 2 N–H and O–H groups in total. The van der Waals surface area contributed by atoms with Gasteiger partial charge in [-0.1, -0.05) is 11.6 Å². The lowest BCUT2D eigenvalue weighted by Gasteiger charge is -2.00. The summed E-state index contributed by atoms with van der Waals surface area (Å²) in [5.41, 5.74) is 1.61. The molecule has 1 amide bonds. The van der Waals surface area contributed by atoms with Gasteiger partial charge in [0.25, 0.3) is 0 Å². The van der Waals surface area contributed by atoms with Crippen LogP contribution in [-0.2, 0) is 4.79 Å². The fraction of sp³-hybridized carbons (Fsp3) is 0.200. The lowest BCUT2D eigenvalue weighted by atomic mass is 10.1. The Morgan fingerprint density at radius 2 is 2.25 bits per heavy atom. The molecule has 20 heavy (non-hydrogen) atoms. The highest BCUT2D eigenvalue weighted by Gasteiger charge is 2.05. The van der Waals surface area contributed by atoms with Crippen LogP contribution in [0.3, 0.4) is 0 Å². The number of amides is 1. The van der Waals surface area contributed by atoms with Crippen LogP contribution in [0.15, 0.2) is 39.7 Å². The third-order valence-electron chi connectivity index (χ3n) is 2.78. The van der Waals surface area contributed by atoms with Gasteiger partial charge in [0, 0.05) is 12.6 Å². The Kier molecular flexibility index (Phi) is 4.32. The summed E-state index contributed by atoms with van der Waals surface area (Å²) in [5.74, 6) is -0.372. The third kappa shape index (κ3) is 3.13. The summed E-state index contributed by atoms with van der Waals surface area (Å²) in [6.45, 7) is 1.94. The monoisotopic (exact) mass is 273 g/mol. The lowest BCUT2D eigenvalue weighted by molar-refractivity contribution is -0.116. The minimum absolute atomic E-state index is 0.128. The molecule has 0 aliphatic rings. The van der Waals surface area contributed by atoms with Gasteiger partial charge >= 0.3 is 0 Å². The number of aryl methyl sites for hydroxylation is 1. The van der Waals surface area contributed by atoms with Crippen LogP contribution in [0.5, 0.6) is 0 Å². The van der Waals surface area contributed by atoms with Crippen molar-refractivity contribution in [3.05, 3.63) is 51.9 Å². The van der Waals surface area contributed by atoms with E-state index >= 15 is 0 Å². The quantitative estimate of drug-likeness (QED) is 0.821. The van der Waals surface area contributed by atoms with Crippen LogP contribution in [0.2, 0.25) is 0 Å². The number of hydrogen-bond donors (Lipinski definition) is 2. The first-order chi connectivity index (χ1) is 9.61. The lowest BCUT2D eigenvalue weighted by Crippen LogP contribution is -2.24. The first-order valence-electron chi connectivity index (χ1n) is 6.21. The molecule has 2 aromatic rings. The van der Waals surface area contributed by atoms with Crippen molar-refractivity contribution in [2.24, 2.45) is 0 Å². The summed E-state index contributed by atoms with van der Waals surface area (Å²) in [6, 6.07) is 5.36. The van der Waals surface area contributed by atoms with Crippen LogP contribution in [-0.4, -0.2) is 24.2 Å². The first-order valence-corrected chi connectivity index (χ1v) is 6.21. The smallest absolute Gasteiger partial charge is 0.244 e. The molecule has 0 fully saturated rings. The van der Waals surface area contributed by atoms with E-state index in [0.717, 1.165) is 5.56 Å². The third-order valence-corrected chi connectivity index (χ3v) is 2.78. The maximum Gasteiger partial charge on any atom is 0.244 e. The molecule has 0 spiro atoms. The fourth-order valence-corrected chi connectivity index (χ4v) is 1.78. The zero-order chi connectivity index (χ0) is 14.5. The van der Waals surface area contributed by atoms with Crippen molar-refractivity contribution in [3.63, 3.8) is 0 Å². The number of carbonyl (C=O) groups is 1. The number of aliphatic hydroxyl groups is 1. The van der Waals surface area contributed by atoms with Crippen molar-refractivity contribution in [3.8, 4) is 0 Å². The van der Waals surface area contributed by atoms with Gasteiger partial charge in [-0.2, -0.15) is 0 Å². The summed E-state index contributed by atoms with van der Waals surface area (Å²) >= 11 is 0. The topological polar surface area (TPSA) is 79.5 Å². The van der Waals surface area contributed by atoms with E-state index in [1.54, 1.807) is 12.1 Å². The maximum absolute atomic E-state index is 12.2. The Balaban J connectivity index is 2.31. The van der Waals surface area contributed by atoms with Crippen molar-refractivity contribution >= 4 is 23.0 Å². The highest BCUT2D eigenvalue weighted by molar-refractivity contribution is 5.92. The summed E-state index contributed by atoms with van der Waals surface area (Å²) in [4.78, 5) is 23.6. The zero-order valence-electron chi connectivity index (χ0n) is 11.1. The molecule has 1 heterocycles. The van der Waals surface area contributed by atoms with Crippen LogP contribution in [0.1, 0.15) is 11.1 Å². The van der Waals surface area contributed by atoms with Gasteiger partial charge in [0.1, 0.15) is 11.8 Å². The molecular weight excluding hydrogens is 258 g/mol. The van der Waals surface area contributed by atoms with Crippen molar-refractivity contribution in [1.29, 1.82) is 0 Å². The Labute approximate surface area is 115 Å². The Bertz CT molecular complexity index is 715. The molecule has 0 unspecified atom stereocenters. The van der Waals surface area contributed by atoms with E-state index in [2.05, 4.69) is 5.32 Å². The number of benzene rings is 1. The van der Waals surface area contributed by atoms with Crippen molar-refractivity contribution < 1.29 is 14.3 Å². The highest BCUT2D eigenvalue weighted by atomic mass is 16.3. The summed E-state index contributed by atoms with van der Waals surface area (Å²) in [6.07, 6.45) is 3.97. The van der Waals surface area contributed by atoms with Gasteiger partial charge in [0.05, 0.1) is 17.6 Å². The Morgan fingerprint density at radius 3 is 3.00 bits per heavy atom. The average Bonchev–Trinajstić information content (AvgIpc) is 2.45. The molecule has 1 aromatic heterocycles. The fourth-order valence-electron chi connectivity index (χ4n) is 1.78. The van der Waals surface area contributed by atoms with Crippen LogP contribution in [0.25, 0.3) is 17.0 Å². The second-order valence-electron chi connectivity index (χ2n) is 4.37. The van der Waals surface area contributed by atoms with E-state index in [-0.39, 0.29) is 24.5 Å². The molecule has 0 atom stereocenters. The first kappa shape index (κ1) is 14.0. The second-order valence-corrected chi connectivity index (χ2v) is 4.37. The zero-order valence-corrected chi connectivity index (χ0v) is 11.1. The highest BCUT2D eigenvalue weighted by Crippen LogP contribution is 2.13. The molecule has 2 rings (SSSR count). The molecule has 0 aliphatic heterocycles. The van der Waals surface area contributed by atoms with Crippen molar-refractivity contribution in [1.82, 2.24) is 5.32 Å². The van der Waals surface area contributed by atoms with Gasteiger partial charge in [-0.15, -0.1) is 0 Å². The van der Waals surface area contributed by atoms with Crippen LogP contribution in [0, 0.1) is 6.92 Å². The van der Waals surface area contributed by atoms with E-state index < -0.39 is 0 Å². The SMILES string of the molecule is Cc1ccc2occ(/C=C/C(=O)NCCO)c(=O)c2c1. The summed E-state index contributed by atoms with van der Waals surface area (Å²) in [5, 5.41) is 11.5. The maximum atomic E-state index is 12.2. The molecule has 5 heteroatoms. The molecule has 0 aliphatic carbocycles. The van der Waals surface area contributed by atoms with Gasteiger partial charge in [0.15, 0.2) is 5.43 Å². The van der Waals surface area contributed by atoms with Gasteiger partial charge in [-0.25, -0.2) is 0 Å². The predicted molar refractivity (Wildman–Crippen MR) is 76.4 cm³/mol. The minimum atomic E-state index is -0.372. The predicted octanol–water partition coefficient (Wildman–Crippen LogP) is 1.22. The Morgan fingerprint density at radius 1 is 1.45 bits per heavy atom. The normalized spacial score (nSPS) is 11.1. The second kappa shape index (κ2) is 6.16. The van der Waals surface area contributed by atoms with Crippen molar-refractivity contribution in [2.45, 2.75) is 6.92 Å². The van der Waals surface area contributed by atoms with Crippen molar-refractivity contribution in [2.75, 3.05) is 13.2 Å². The molecule has 0 radical (unpaired) electrons. The van der Waals surface area contributed by atoms with E-state index in [4.69, 9.17) is 9.52 Å². The average molecular weight is 273 g/mol. The Hall–Kier alpha value is -2.40. The minimum Gasteiger partial charge on any atom is -0.463 e. The van der Waals surface area contributed by atoms with Gasteiger partial charge in [-0.05, 0) is 25.1 Å². The molecule has 104 valence electrons. The number of aliphatic hydroxyl groups excluding tert-OH is 1.